The number of hydrogen-bond acceptors (Lipinski definition) is 2. The first-order valence-electron chi connectivity index (χ1n) is 7.85. The molecule has 0 amide bonds. The molecule has 4 heteroatoms. The Labute approximate surface area is 144 Å². The van der Waals surface area contributed by atoms with Crippen molar-refractivity contribution < 1.29 is 31.1 Å². The summed E-state index contributed by atoms with van der Waals surface area (Å²) >= 11 is 0. The van der Waals surface area contributed by atoms with Crippen LogP contribution < -0.4 is 17.0 Å². The second-order valence-electron chi connectivity index (χ2n) is 6.14. The first-order chi connectivity index (χ1) is 9.98. The van der Waals surface area contributed by atoms with Gasteiger partial charge in [0.25, 0.3) is 0 Å². The molecular formula is C18H26BrNO2. The Morgan fingerprint density at radius 1 is 1.23 bits per heavy atom. The van der Waals surface area contributed by atoms with Crippen molar-refractivity contribution in [3.63, 3.8) is 0 Å². The minimum Gasteiger partial charge on any atom is -1.00 e. The van der Waals surface area contributed by atoms with E-state index < -0.39 is 0 Å². The van der Waals surface area contributed by atoms with Crippen molar-refractivity contribution in [3.05, 3.63) is 29.8 Å². The molecule has 0 aliphatic carbocycles. The molecule has 0 N–H and O–H groups in total. The molecule has 1 heterocycles. The number of nitrogens with zero attached hydrogens (tertiary/aromatic N) is 1. The lowest BCUT2D eigenvalue weighted by Gasteiger charge is -2.14. The van der Waals surface area contributed by atoms with Crippen LogP contribution in [-0.4, -0.2) is 29.4 Å². The molecule has 0 aromatic heterocycles. The van der Waals surface area contributed by atoms with Crippen LogP contribution in [0.25, 0.3) is 0 Å². The molecule has 3 nitrogen and oxygen atoms in total. The molecule has 1 aromatic carbocycles. The van der Waals surface area contributed by atoms with Gasteiger partial charge in [0.1, 0.15) is 6.54 Å². The maximum atomic E-state index is 11.4. The summed E-state index contributed by atoms with van der Waals surface area (Å²) < 4.78 is 7.37. The Morgan fingerprint density at radius 2 is 1.91 bits per heavy atom. The number of fused-ring (bicyclic) bond motifs is 1. The number of ether oxygens (including phenoxy) is 1. The van der Waals surface area contributed by atoms with E-state index in [-0.39, 0.29) is 28.4 Å². The number of benzene rings is 1. The molecule has 0 unspecified atom stereocenters. The number of rotatable bonds is 6. The fraction of sp³-hybridized carbons (Fsp3) is 0.556. The van der Waals surface area contributed by atoms with Gasteiger partial charge in [-0.2, -0.15) is 4.58 Å². The van der Waals surface area contributed by atoms with E-state index >= 15 is 0 Å². The van der Waals surface area contributed by atoms with E-state index in [1.807, 2.05) is 6.92 Å². The third-order valence-corrected chi connectivity index (χ3v) is 4.50. The van der Waals surface area contributed by atoms with Gasteiger partial charge in [0.15, 0.2) is 5.71 Å². The van der Waals surface area contributed by atoms with Gasteiger partial charge in [-0.05, 0) is 27.2 Å². The van der Waals surface area contributed by atoms with E-state index in [4.69, 9.17) is 4.74 Å². The highest BCUT2D eigenvalue weighted by Crippen LogP contribution is 2.39. The monoisotopic (exact) mass is 367 g/mol. The Kier molecular flexibility index (Phi) is 6.79. The van der Waals surface area contributed by atoms with Crippen LogP contribution in [0.2, 0.25) is 0 Å². The van der Waals surface area contributed by atoms with Crippen LogP contribution in [0, 0.1) is 0 Å². The number of unbranched alkanes of at least 4 members (excludes halogenated alkanes) is 1. The molecule has 0 bridgehead atoms. The minimum absolute atomic E-state index is 0. The Hall–Kier alpha value is -1.16. The summed E-state index contributed by atoms with van der Waals surface area (Å²) in [6, 6.07) is 8.62. The molecule has 0 spiro atoms. The first-order valence-corrected chi connectivity index (χ1v) is 7.85. The zero-order valence-electron chi connectivity index (χ0n) is 14.0. The molecule has 1 aliphatic heterocycles. The number of halogens is 1. The smallest absolute Gasteiger partial charge is 0.305 e. The maximum Gasteiger partial charge on any atom is 0.305 e. The van der Waals surface area contributed by atoms with Gasteiger partial charge in [0.05, 0.1) is 12.0 Å². The van der Waals surface area contributed by atoms with Crippen molar-refractivity contribution in [2.24, 2.45) is 0 Å². The summed E-state index contributed by atoms with van der Waals surface area (Å²) in [7, 11) is 0. The molecular weight excluding hydrogens is 342 g/mol. The predicted octanol–water partition coefficient (Wildman–Crippen LogP) is 0.820. The molecule has 1 aromatic rings. The average molecular weight is 368 g/mol. The summed E-state index contributed by atoms with van der Waals surface area (Å²) in [6.45, 7) is 10.1. The van der Waals surface area contributed by atoms with E-state index in [2.05, 4.69) is 49.6 Å². The third-order valence-electron chi connectivity index (χ3n) is 4.50. The number of carbonyl (C=O) groups excluding carboxylic acids is 1. The highest BCUT2D eigenvalue weighted by molar-refractivity contribution is 5.93. The quantitative estimate of drug-likeness (QED) is 0.423. The summed E-state index contributed by atoms with van der Waals surface area (Å²) in [6.07, 6.45) is 2.40. The van der Waals surface area contributed by atoms with Crippen LogP contribution in [-0.2, 0) is 14.9 Å². The number of esters is 1. The molecule has 0 radical (unpaired) electrons. The standard InChI is InChI=1S/C18H26NO2.BrH/c1-5-21-17(20)12-8-9-13-19-14(2)18(3,4)15-10-6-7-11-16(15)19;/h6-7,10-11H,5,8-9,12-13H2,1-4H3;1H/q+1;/p-1. The lowest BCUT2D eigenvalue weighted by atomic mass is 9.82. The lowest BCUT2D eigenvalue weighted by molar-refractivity contribution is -0.439. The molecule has 22 heavy (non-hydrogen) atoms. The van der Waals surface area contributed by atoms with Gasteiger partial charge >= 0.3 is 5.97 Å². The second kappa shape index (κ2) is 7.91. The van der Waals surface area contributed by atoms with E-state index in [1.54, 1.807) is 0 Å². The molecule has 122 valence electrons. The van der Waals surface area contributed by atoms with Gasteiger partial charge in [-0.25, -0.2) is 0 Å². The van der Waals surface area contributed by atoms with Crippen molar-refractivity contribution in [2.75, 3.05) is 13.2 Å². The molecule has 0 saturated heterocycles. The van der Waals surface area contributed by atoms with E-state index in [1.165, 1.54) is 17.0 Å². The van der Waals surface area contributed by atoms with Crippen LogP contribution >= 0.6 is 0 Å². The Morgan fingerprint density at radius 3 is 2.59 bits per heavy atom. The van der Waals surface area contributed by atoms with Crippen LogP contribution in [0.3, 0.4) is 0 Å². The van der Waals surface area contributed by atoms with Crippen LogP contribution in [0.1, 0.15) is 52.5 Å². The van der Waals surface area contributed by atoms with Crippen molar-refractivity contribution in [1.82, 2.24) is 0 Å². The first kappa shape index (κ1) is 18.9. The fourth-order valence-corrected chi connectivity index (χ4v) is 3.01. The summed E-state index contributed by atoms with van der Waals surface area (Å²) in [5, 5.41) is 0. The topological polar surface area (TPSA) is 29.3 Å². The minimum atomic E-state index is -0.0830. The van der Waals surface area contributed by atoms with Crippen molar-refractivity contribution >= 4 is 17.4 Å². The molecule has 2 rings (SSSR count). The number of carbonyl (C=O) groups is 1. The van der Waals surface area contributed by atoms with E-state index in [0.29, 0.717) is 13.0 Å². The SMILES string of the molecule is CCOC(=O)CCCC[N+]1=C(C)C(C)(C)c2ccccc21.[Br-]. The predicted molar refractivity (Wildman–Crippen MR) is 85.4 cm³/mol. The molecule has 1 aliphatic rings. The third kappa shape index (κ3) is 3.78. The van der Waals surface area contributed by atoms with Gasteiger partial charge in [0, 0.05) is 31.4 Å². The normalized spacial score (nSPS) is 15.3. The molecule has 0 saturated carbocycles. The zero-order chi connectivity index (χ0) is 15.5. The van der Waals surface area contributed by atoms with E-state index in [9.17, 15) is 4.79 Å². The van der Waals surface area contributed by atoms with Crippen LogP contribution in [0.15, 0.2) is 24.3 Å². The maximum absolute atomic E-state index is 11.4. The van der Waals surface area contributed by atoms with Gasteiger partial charge in [-0.15, -0.1) is 0 Å². The van der Waals surface area contributed by atoms with Gasteiger partial charge in [0.2, 0.25) is 5.69 Å². The zero-order valence-corrected chi connectivity index (χ0v) is 15.6. The van der Waals surface area contributed by atoms with Crippen LogP contribution in [0.5, 0.6) is 0 Å². The van der Waals surface area contributed by atoms with Crippen LogP contribution in [0.4, 0.5) is 5.69 Å². The molecule has 0 fully saturated rings. The Bertz CT molecular complexity index is 564. The van der Waals surface area contributed by atoms with Crippen molar-refractivity contribution in [1.29, 1.82) is 0 Å². The fourth-order valence-electron chi connectivity index (χ4n) is 3.01. The average Bonchev–Trinajstić information content (AvgIpc) is 2.65. The largest absolute Gasteiger partial charge is 1.00 e. The lowest BCUT2D eigenvalue weighted by Crippen LogP contribution is -3.00. The highest BCUT2D eigenvalue weighted by atomic mass is 79.9. The number of para-hydroxylation sites is 1. The van der Waals surface area contributed by atoms with Gasteiger partial charge in [-0.1, -0.05) is 18.2 Å². The summed E-state index contributed by atoms with van der Waals surface area (Å²) in [5.41, 5.74) is 4.20. The molecule has 0 atom stereocenters. The van der Waals surface area contributed by atoms with Gasteiger partial charge in [-0.3, -0.25) is 4.79 Å². The van der Waals surface area contributed by atoms with Crippen molar-refractivity contribution in [2.45, 2.75) is 52.4 Å². The van der Waals surface area contributed by atoms with E-state index in [0.717, 1.165) is 19.4 Å². The summed E-state index contributed by atoms with van der Waals surface area (Å²) in [5.74, 6) is -0.0830. The van der Waals surface area contributed by atoms with Gasteiger partial charge < -0.3 is 21.7 Å². The Balaban J connectivity index is 0.00000242. The van der Waals surface area contributed by atoms with Crippen molar-refractivity contribution in [3.8, 4) is 0 Å². The highest BCUT2D eigenvalue weighted by Gasteiger charge is 2.42. The second-order valence-corrected chi connectivity index (χ2v) is 6.14. The summed E-state index contributed by atoms with van der Waals surface area (Å²) in [4.78, 5) is 11.4. The number of hydrogen-bond donors (Lipinski definition) is 0.